The summed E-state index contributed by atoms with van der Waals surface area (Å²) in [7, 11) is 1.96. The molecule has 2 atom stereocenters. The summed E-state index contributed by atoms with van der Waals surface area (Å²) in [5, 5.41) is 0. The molecule has 0 bridgehead atoms. The van der Waals surface area contributed by atoms with Crippen molar-refractivity contribution in [2.45, 2.75) is 12.8 Å². The highest BCUT2D eigenvalue weighted by molar-refractivity contribution is 7.76. The van der Waals surface area contributed by atoms with Gasteiger partial charge >= 0.3 is 0 Å². The van der Waals surface area contributed by atoms with E-state index in [-0.39, 0.29) is 5.92 Å². The Hall–Kier alpha value is -1.92. The molecule has 22 heavy (non-hydrogen) atoms. The van der Waals surface area contributed by atoms with E-state index in [1.807, 2.05) is 23.9 Å². The van der Waals surface area contributed by atoms with Gasteiger partial charge in [-0.2, -0.15) is 0 Å². The lowest BCUT2D eigenvalue weighted by Crippen LogP contribution is -2.37. The van der Waals surface area contributed by atoms with Gasteiger partial charge in [0.2, 0.25) is 0 Å². The Balaban J connectivity index is 2.29. The molecule has 0 aromatic carbocycles. The summed E-state index contributed by atoms with van der Waals surface area (Å²) in [5.41, 5.74) is 1.72. The van der Waals surface area contributed by atoms with Crippen LogP contribution >= 0.6 is 0 Å². The Kier molecular flexibility index (Phi) is 5.51. The van der Waals surface area contributed by atoms with Crippen LogP contribution in [0.5, 0.6) is 0 Å². The lowest BCUT2D eigenvalue weighted by atomic mass is 9.89. The fourth-order valence-corrected chi connectivity index (χ4v) is 3.39. The molecule has 2 rings (SSSR count). The maximum Gasteiger partial charge on any atom is 0.261 e. The van der Waals surface area contributed by atoms with Crippen molar-refractivity contribution in [1.82, 2.24) is 13.9 Å². The van der Waals surface area contributed by atoms with Crippen LogP contribution in [-0.2, 0) is 24.7 Å². The van der Waals surface area contributed by atoms with Crippen molar-refractivity contribution in [2.75, 3.05) is 6.54 Å². The van der Waals surface area contributed by atoms with Crippen LogP contribution in [0, 0.1) is 5.92 Å². The van der Waals surface area contributed by atoms with Gasteiger partial charge in [-0.25, -0.2) is 9.19 Å². The van der Waals surface area contributed by atoms with E-state index in [0.717, 1.165) is 29.9 Å². The summed E-state index contributed by atoms with van der Waals surface area (Å²) in [6.07, 6.45) is 12.2. The fraction of sp³-hybridized carbons (Fsp3) is 0.312. The molecule has 1 aliphatic heterocycles. The molecule has 6 heteroatoms. The molecule has 1 saturated heterocycles. The quantitative estimate of drug-likeness (QED) is 0.849. The highest BCUT2D eigenvalue weighted by Gasteiger charge is 2.30. The molecule has 1 fully saturated rings. The van der Waals surface area contributed by atoms with Crippen molar-refractivity contribution < 1.29 is 8.76 Å². The minimum atomic E-state index is -2.07. The SMILES string of the molecule is C=C/C=C1/C[C@@H](Cc2nccn2C)CN(S(=O)O)/C1=C/C=C. The molecule has 1 N–H and O–H groups in total. The van der Waals surface area contributed by atoms with Gasteiger partial charge in [0.15, 0.2) is 0 Å². The summed E-state index contributed by atoms with van der Waals surface area (Å²) in [4.78, 5) is 4.34. The van der Waals surface area contributed by atoms with Gasteiger partial charge in [-0.05, 0) is 24.0 Å². The molecule has 0 radical (unpaired) electrons. The zero-order valence-electron chi connectivity index (χ0n) is 12.7. The van der Waals surface area contributed by atoms with E-state index < -0.39 is 11.3 Å². The second-order valence-electron chi connectivity index (χ2n) is 5.24. The number of hydrogen-bond donors (Lipinski definition) is 1. The molecule has 1 unspecified atom stereocenters. The number of imidazole rings is 1. The van der Waals surface area contributed by atoms with Gasteiger partial charge in [-0.15, -0.1) is 0 Å². The van der Waals surface area contributed by atoms with Gasteiger partial charge in [-0.1, -0.05) is 31.4 Å². The number of piperidine rings is 1. The minimum absolute atomic E-state index is 0.213. The summed E-state index contributed by atoms with van der Waals surface area (Å²) in [5.74, 6) is 1.19. The normalized spacial score (nSPS) is 23.7. The Labute approximate surface area is 133 Å². The summed E-state index contributed by atoms with van der Waals surface area (Å²) < 4.78 is 24.8. The van der Waals surface area contributed by atoms with Crippen LogP contribution in [0.3, 0.4) is 0 Å². The highest BCUT2D eigenvalue weighted by atomic mass is 32.2. The number of rotatable bonds is 5. The smallest absolute Gasteiger partial charge is 0.261 e. The third-order valence-electron chi connectivity index (χ3n) is 3.71. The van der Waals surface area contributed by atoms with Crippen LogP contribution in [0.15, 0.2) is 61.1 Å². The Bertz CT molecular complexity index is 646. The second-order valence-corrected chi connectivity index (χ2v) is 6.14. The van der Waals surface area contributed by atoms with Crippen molar-refractivity contribution in [2.24, 2.45) is 13.0 Å². The van der Waals surface area contributed by atoms with Gasteiger partial charge in [0, 0.05) is 32.4 Å². The summed E-state index contributed by atoms with van der Waals surface area (Å²) in [6, 6.07) is 0. The van der Waals surface area contributed by atoms with Crippen LogP contribution in [-0.4, -0.2) is 29.2 Å². The van der Waals surface area contributed by atoms with Gasteiger partial charge < -0.3 is 4.57 Å². The fourth-order valence-electron chi connectivity index (χ4n) is 2.71. The first-order valence-corrected chi connectivity index (χ1v) is 8.12. The van der Waals surface area contributed by atoms with Gasteiger partial charge in [0.25, 0.3) is 11.3 Å². The van der Waals surface area contributed by atoms with Crippen LogP contribution in [0.2, 0.25) is 0 Å². The predicted molar refractivity (Wildman–Crippen MR) is 89.1 cm³/mol. The van der Waals surface area contributed by atoms with Crippen LogP contribution < -0.4 is 0 Å². The number of nitrogens with zero attached hydrogens (tertiary/aromatic N) is 3. The first kappa shape index (κ1) is 16.5. The molecule has 1 aromatic rings. The van der Waals surface area contributed by atoms with E-state index in [9.17, 15) is 8.76 Å². The summed E-state index contributed by atoms with van der Waals surface area (Å²) in [6.45, 7) is 7.92. The van der Waals surface area contributed by atoms with Crippen LogP contribution in [0.1, 0.15) is 12.2 Å². The molecule has 0 saturated carbocycles. The maximum absolute atomic E-state index is 11.7. The molecule has 5 nitrogen and oxygen atoms in total. The standard InChI is InChI=1S/C16H21N3O2S/c1-4-6-14-10-13(11-16-17-8-9-18(16)3)12-19(22(20)21)15(14)7-5-2/h4-9,13H,1-2,10-12H2,3H3,(H,20,21)/b14-6-,15-7+/t13-/m0/s1. The first-order valence-electron chi connectivity index (χ1n) is 7.06. The van der Waals surface area contributed by atoms with Crippen molar-refractivity contribution in [1.29, 1.82) is 0 Å². The number of allylic oxidation sites excluding steroid dienone is 5. The largest absolute Gasteiger partial charge is 0.338 e. The Morgan fingerprint density at radius 1 is 1.45 bits per heavy atom. The van der Waals surface area contributed by atoms with E-state index in [0.29, 0.717) is 6.54 Å². The molecule has 1 aromatic heterocycles. The topological polar surface area (TPSA) is 58.4 Å². The third-order valence-corrected chi connectivity index (χ3v) is 4.43. The molecule has 118 valence electrons. The maximum atomic E-state index is 11.7. The molecule has 0 aliphatic carbocycles. The average Bonchev–Trinajstić information content (AvgIpc) is 2.87. The van der Waals surface area contributed by atoms with Crippen molar-refractivity contribution in [3.63, 3.8) is 0 Å². The number of hydrogen-bond acceptors (Lipinski definition) is 2. The van der Waals surface area contributed by atoms with E-state index in [1.54, 1.807) is 24.4 Å². The zero-order chi connectivity index (χ0) is 16.1. The Morgan fingerprint density at radius 2 is 2.18 bits per heavy atom. The first-order chi connectivity index (χ1) is 10.6. The second kappa shape index (κ2) is 7.38. The van der Waals surface area contributed by atoms with Gasteiger partial charge in [0.1, 0.15) is 5.82 Å². The molecule has 0 spiro atoms. The van der Waals surface area contributed by atoms with Crippen molar-refractivity contribution in [3.8, 4) is 0 Å². The van der Waals surface area contributed by atoms with Crippen LogP contribution in [0.4, 0.5) is 0 Å². The molecule has 2 heterocycles. The van der Waals surface area contributed by atoms with E-state index >= 15 is 0 Å². The minimum Gasteiger partial charge on any atom is -0.338 e. The van der Waals surface area contributed by atoms with E-state index in [2.05, 4.69) is 18.1 Å². The van der Waals surface area contributed by atoms with Crippen LogP contribution in [0.25, 0.3) is 0 Å². The Morgan fingerprint density at radius 3 is 2.73 bits per heavy atom. The van der Waals surface area contributed by atoms with E-state index in [4.69, 9.17) is 0 Å². The predicted octanol–water partition coefficient (Wildman–Crippen LogP) is 2.60. The highest BCUT2D eigenvalue weighted by Crippen LogP contribution is 2.32. The van der Waals surface area contributed by atoms with Crippen molar-refractivity contribution >= 4 is 11.3 Å². The lowest BCUT2D eigenvalue weighted by Gasteiger charge is -2.35. The molecular weight excluding hydrogens is 298 g/mol. The van der Waals surface area contributed by atoms with E-state index in [1.165, 1.54) is 4.31 Å². The molecule has 1 aliphatic rings. The zero-order valence-corrected chi connectivity index (χ0v) is 13.5. The monoisotopic (exact) mass is 319 g/mol. The number of aryl methyl sites for hydroxylation is 1. The third kappa shape index (κ3) is 3.64. The number of aromatic nitrogens is 2. The van der Waals surface area contributed by atoms with Gasteiger partial charge in [0.05, 0.1) is 5.70 Å². The molecule has 0 amide bonds. The van der Waals surface area contributed by atoms with Gasteiger partial charge in [-0.3, -0.25) is 8.86 Å². The molecular formula is C16H21N3O2S. The van der Waals surface area contributed by atoms with Crippen molar-refractivity contribution in [3.05, 3.63) is 67.0 Å². The lowest BCUT2D eigenvalue weighted by molar-refractivity contribution is 0.340. The summed E-state index contributed by atoms with van der Waals surface area (Å²) >= 11 is -2.07. The average molecular weight is 319 g/mol.